The molecule has 5 heteroatoms. The van der Waals surface area contributed by atoms with Crippen LogP contribution < -0.4 is 0 Å². The lowest BCUT2D eigenvalue weighted by molar-refractivity contribution is -0.122. The monoisotopic (exact) mass is 269 g/mol. The molecule has 2 rings (SSSR count). The van der Waals surface area contributed by atoms with Gasteiger partial charge in [0.1, 0.15) is 4.32 Å². The fourth-order valence-electron chi connectivity index (χ4n) is 1.42. The molecule has 1 aliphatic rings. The maximum atomic E-state index is 12.0. The van der Waals surface area contributed by atoms with Crippen molar-refractivity contribution < 1.29 is 4.79 Å². The smallest absolute Gasteiger partial charge is 0.266 e. The van der Waals surface area contributed by atoms with E-state index >= 15 is 0 Å². The summed E-state index contributed by atoms with van der Waals surface area (Å²) < 4.78 is 0.676. The number of hydrogen-bond donors (Lipinski definition) is 0. The van der Waals surface area contributed by atoms with Gasteiger partial charge < -0.3 is 0 Å². The molecule has 0 atom stereocenters. The highest BCUT2D eigenvalue weighted by Crippen LogP contribution is 2.33. The molecule has 1 aromatic rings. The van der Waals surface area contributed by atoms with E-state index in [1.807, 2.05) is 30.5 Å². The lowest BCUT2D eigenvalue weighted by atomic mass is 10.3. The Morgan fingerprint density at radius 3 is 3.00 bits per heavy atom. The van der Waals surface area contributed by atoms with Gasteiger partial charge in [-0.25, -0.2) is 0 Å². The first-order valence-corrected chi connectivity index (χ1v) is 7.11. The number of carbonyl (C=O) groups is 1. The zero-order valence-electron chi connectivity index (χ0n) is 8.80. The average Bonchev–Trinajstić information content (AvgIpc) is 2.84. The van der Waals surface area contributed by atoms with Crippen molar-refractivity contribution in [2.75, 3.05) is 6.54 Å². The second-order valence-electron chi connectivity index (χ2n) is 3.35. The number of nitrogens with zero attached hydrogens (tertiary/aromatic N) is 1. The predicted octanol–water partition coefficient (Wildman–Crippen LogP) is 3.36. The van der Waals surface area contributed by atoms with Crippen LogP contribution in [0.4, 0.5) is 0 Å². The molecular weight excluding hydrogens is 258 g/mol. The van der Waals surface area contributed by atoms with Crippen molar-refractivity contribution in [3.8, 4) is 0 Å². The highest BCUT2D eigenvalue weighted by molar-refractivity contribution is 8.26. The third-order valence-electron chi connectivity index (χ3n) is 2.14. The molecule has 0 unspecified atom stereocenters. The molecule has 0 radical (unpaired) electrons. The van der Waals surface area contributed by atoms with E-state index < -0.39 is 0 Å². The van der Waals surface area contributed by atoms with E-state index in [1.165, 1.54) is 11.8 Å². The Morgan fingerprint density at radius 1 is 1.56 bits per heavy atom. The third-order valence-corrected chi connectivity index (χ3v) is 4.33. The van der Waals surface area contributed by atoms with Gasteiger partial charge in [-0.05, 0) is 23.9 Å². The number of carbonyl (C=O) groups excluding carboxylic acids is 1. The van der Waals surface area contributed by atoms with Crippen molar-refractivity contribution in [3.63, 3.8) is 0 Å². The van der Waals surface area contributed by atoms with Gasteiger partial charge in [0, 0.05) is 11.4 Å². The first-order chi connectivity index (χ1) is 7.72. The molecule has 0 aliphatic carbocycles. The van der Waals surface area contributed by atoms with Crippen molar-refractivity contribution in [2.45, 2.75) is 13.3 Å². The molecule has 1 fully saturated rings. The average molecular weight is 269 g/mol. The first-order valence-electron chi connectivity index (χ1n) is 5.01. The minimum absolute atomic E-state index is 0.0465. The molecule has 0 saturated carbocycles. The minimum Gasteiger partial charge on any atom is -0.293 e. The van der Waals surface area contributed by atoms with Crippen molar-refractivity contribution in [1.82, 2.24) is 4.90 Å². The quantitative estimate of drug-likeness (QED) is 0.620. The second-order valence-corrected chi connectivity index (χ2v) is 6.00. The third kappa shape index (κ3) is 2.36. The molecular formula is C11H11NOS3. The molecule has 1 aromatic heterocycles. The maximum Gasteiger partial charge on any atom is 0.266 e. The lowest BCUT2D eigenvalue weighted by Crippen LogP contribution is -2.28. The SMILES string of the molecule is CCCN1C(=O)C(=Cc2cccs2)SC1=S. The number of amides is 1. The zero-order chi connectivity index (χ0) is 11.5. The topological polar surface area (TPSA) is 20.3 Å². The number of rotatable bonds is 3. The Balaban J connectivity index is 2.20. The van der Waals surface area contributed by atoms with Crippen LogP contribution in [0.1, 0.15) is 18.2 Å². The first kappa shape index (κ1) is 11.8. The maximum absolute atomic E-state index is 12.0. The van der Waals surface area contributed by atoms with Gasteiger partial charge in [-0.3, -0.25) is 9.69 Å². The molecule has 2 heterocycles. The predicted molar refractivity (Wildman–Crippen MR) is 74.5 cm³/mol. The van der Waals surface area contributed by atoms with Crippen LogP contribution in [-0.4, -0.2) is 21.7 Å². The van der Waals surface area contributed by atoms with Gasteiger partial charge in [0.05, 0.1) is 4.91 Å². The van der Waals surface area contributed by atoms with Crippen LogP contribution in [0.25, 0.3) is 6.08 Å². The summed E-state index contributed by atoms with van der Waals surface area (Å²) >= 11 is 8.21. The summed E-state index contributed by atoms with van der Waals surface area (Å²) in [5.41, 5.74) is 0. The number of thiophene rings is 1. The molecule has 1 amide bonds. The zero-order valence-corrected chi connectivity index (χ0v) is 11.3. The summed E-state index contributed by atoms with van der Waals surface area (Å²) in [6.45, 7) is 2.76. The normalized spacial score (nSPS) is 18.8. The molecule has 1 saturated heterocycles. The van der Waals surface area contributed by atoms with E-state index in [1.54, 1.807) is 16.2 Å². The van der Waals surface area contributed by atoms with Crippen LogP contribution in [0, 0.1) is 0 Å². The molecule has 0 aromatic carbocycles. The van der Waals surface area contributed by atoms with E-state index in [-0.39, 0.29) is 5.91 Å². The van der Waals surface area contributed by atoms with Gasteiger partial charge in [0.15, 0.2) is 0 Å². The number of thiocarbonyl (C=S) groups is 1. The Kier molecular flexibility index (Phi) is 3.78. The van der Waals surface area contributed by atoms with Gasteiger partial charge in [-0.15, -0.1) is 11.3 Å². The molecule has 1 aliphatic heterocycles. The fraction of sp³-hybridized carbons (Fsp3) is 0.273. The molecule has 2 nitrogen and oxygen atoms in total. The summed E-state index contributed by atoms with van der Waals surface area (Å²) in [5.74, 6) is 0.0465. The van der Waals surface area contributed by atoms with Crippen LogP contribution in [0.3, 0.4) is 0 Å². The number of thioether (sulfide) groups is 1. The van der Waals surface area contributed by atoms with Gasteiger partial charge in [0.25, 0.3) is 5.91 Å². The van der Waals surface area contributed by atoms with Gasteiger partial charge in [-0.1, -0.05) is 37.0 Å². The lowest BCUT2D eigenvalue weighted by Gasteiger charge is -2.11. The van der Waals surface area contributed by atoms with Crippen molar-refractivity contribution in [2.24, 2.45) is 0 Å². The van der Waals surface area contributed by atoms with E-state index in [2.05, 4.69) is 0 Å². The highest BCUT2D eigenvalue weighted by Gasteiger charge is 2.31. The van der Waals surface area contributed by atoms with Crippen LogP contribution in [0.2, 0.25) is 0 Å². The second kappa shape index (κ2) is 5.12. The van der Waals surface area contributed by atoms with Crippen LogP contribution in [0.5, 0.6) is 0 Å². The van der Waals surface area contributed by atoms with Gasteiger partial charge >= 0.3 is 0 Å². The van der Waals surface area contributed by atoms with E-state index in [4.69, 9.17) is 12.2 Å². The van der Waals surface area contributed by atoms with Gasteiger partial charge in [0.2, 0.25) is 0 Å². The molecule has 0 bridgehead atoms. The van der Waals surface area contributed by atoms with Crippen molar-refractivity contribution >= 4 is 51.6 Å². The fourth-order valence-corrected chi connectivity index (χ4v) is 3.45. The highest BCUT2D eigenvalue weighted by atomic mass is 32.2. The van der Waals surface area contributed by atoms with Crippen molar-refractivity contribution in [3.05, 3.63) is 27.3 Å². The summed E-state index contributed by atoms with van der Waals surface area (Å²) in [7, 11) is 0. The Hall–Kier alpha value is -0.650. The van der Waals surface area contributed by atoms with E-state index in [0.717, 1.165) is 16.2 Å². The molecule has 16 heavy (non-hydrogen) atoms. The Morgan fingerprint density at radius 2 is 2.38 bits per heavy atom. The number of hydrogen-bond acceptors (Lipinski definition) is 4. The Bertz CT molecular complexity index is 436. The van der Waals surface area contributed by atoms with Crippen LogP contribution in [0.15, 0.2) is 22.4 Å². The Labute approximate surface area is 108 Å². The van der Waals surface area contributed by atoms with Gasteiger partial charge in [-0.2, -0.15) is 0 Å². The summed E-state index contributed by atoms with van der Waals surface area (Å²) in [6.07, 6.45) is 2.85. The summed E-state index contributed by atoms with van der Waals surface area (Å²) in [6, 6.07) is 3.97. The standard InChI is InChI=1S/C11H11NOS3/c1-2-5-12-10(13)9(16-11(12)14)7-8-4-3-6-15-8/h3-4,6-7H,2,5H2,1H3. The van der Waals surface area contributed by atoms with Crippen molar-refractivity contribution in [1.29, 1.82) is 0 Å². The molecule has 0 N–H and O–H groups in total. The molecule has 84 valence electrons. The largest absolute Gasteiger partial charge is 0.293 e. The summed E-state index contributed by atoms with van der Waals surface area (Å²) in [4.78, 5) is 15.5. The molecule has 0 spiro atoms. The van der Waals surface area contributed by atoms with E-state index in [0.29, 0.717) is 10.9 Å². The van der Waals surface area contributed by atoms with Crippen LogP contribution >= 0.6 is 35.3 Å². The summed E-state index contributed by atoms with van der Waals surface area (Å²) in [5, 5.41) is 2.00. The minimum atomic E-state index is 0.0465. The van der Waals surface area contributed by atoms with Crippen LogP contribution in [-0.2, 0) is 4.79 Å². The van der Waals surface area contributed by atoms with E-state index in [9.17, 15) is 4.79 Å².